The van der Waals surface area contributed by atoms with Crippen LogP contribution in [0.4, 0.5) is 0 Å². The molecule has 4 aromatic carbocycles. The third kappa shape index (κ3) is 5.59. The summed E-state index contributed by atoms with van der Waals surface area (Å²) < 4.78 is 0. The average Bonchev–Trinajstić information content (AvgIpc) is 2.92. The molecule has 0 saturated heterocycles. The minimum Gasteiger partial charge on any atom is -0.507 e. The summed E-state index contributed by atoms with van der Waals surface area (Å²) in [5, 5.41) is 15.0. The third-order valence-electron chi connectivity index (χ3n) is 6.61. The second kappa shape index (κ2) is 12.4. The van der Waals surface area contributed by atoms with E-state index >= 15 is 0 Å². The summed E-state index contributed by atoms with van der Waals surface area (Å²) in [6.45, 7) is 3.62. The predicted octanol–water partition coefficient (Wildman–Crippen LogP) is 7.02. The van der Waals surface area contributed by atoms with E-state index in [1.54, 1.807) is 17.8 Å². The highest BCUT2D eigenvalue weighted by Crippen LogP contribution is 2.56. The highest BCUT2D eigenvalue weighted by atomic mass is 32.2. The highest BCUT2D eigenvalue weighted by Gasteiger charge is 2.44. The molecule has 1 N–H and O–H groups in total. The van der Waals surface area contributed by atoms with E-state index in [2.05, 4.69) is 97.9 Å². The van der Waals surface area contributed by atoms with Gasteiger partial charge in [0.25, 0.3) is 0 Å². The Bertz CT molecular complexity index is 1180. The molecule has 0 amide bonds. The van der Waals surface area contributed by atoms with Gasteiger partial charge in [0.1, 0.15) is 28.9 Å². The Hall–Kier alpha value is -2.87. The number of ketones is 1. The first-order chi connectivity index (χ1) is 17.6. The van der Waals surface area contributed by atoms with Crippen molar-refractivity contribution in [2.24, 2.45) is 0 Å². The van der Waals surface area contributed by atoms with Gasteiger partial charge in [0.15, 0.2) is 5.78 Å². The fraction of sp³-hybridized carbons (Fsp3) is 0.219. The van der Waals surface area contributed by atoms with Crippen molar-refractivity contribution in [3.8, 4) is 5.75 Å². The van der Waals surface area contributed by atoms with E-state index in [-0.39, 0.29) is 11.5 Å². The number of phenols is 1. The van der Waals surface area contributed by atoms with Crippen molar-refractivity contribution in [2.75, 3.05) is 11.9 Å². The van der Waals surface area contributed by atoms with Gasteiger partial charge in [0, 0.05) is 16.2 Å². The van der Waals surface area contributed by atoms with Gasteiger partial charge in [-0.1, -0.05) is 67.9 Å². The molecule has 2 nitrogen and oxygen atoms in total. The Kier molecular flexibility index (Phi) is 9.02. The van der Waals surface area contributed by atoms with E-state index in [0.717, 1.165) is 41.6 Å². The molecule has 0 bridgehead atoms. The molecule has 4 rings (SSSR count). The Morgan fingerprint density at radius 2 is 1.28 bits per heavy atom. The minimum atomic E-state index is -1.84. The van der Waals surface area contributed by atoms with Crippen LogP contribution in [0.25, 0.3) is 0 Å². The zero-order chi connectivity index (χ0) is 25.4. The van der Waals surface area contributed by atoms with E-state index < -0.39 is 7.26 Å². The first kappa shape index (κ1) is 26.2. The first-order valence-electron chi connectivity index (χ1n) is 12.6. The third-order valence-corrected chi connectivity index (χ3v) is 12.3. The highest BCUT2D eigenvalue weighted by molar-refractivity contribution is 7.99. The largest absolute Gasteiger partial charge is 0.507 e. The summed E-state index contributed by atoms with van der Waals surface area (Å²) in [5.74, 6) is 1.02. The van der Waals surface area contributed by atoms with Gasteiger partial charge in [-0.15, -0.1) is 11.8 Å². The molecule has 0 unspecified atom stereocenters. The number of Topliss-reactive ketones (excluding diaryl/α,β-unsaturated/α-hetero) is 1. The van der Waals surface area contributed by atoms with Crippen LogP contribution >= 0.6 is 19.0 Å². The molecule has 0 spiro atoms. The molecule has 0 fully saturated rings. The summed E-state index contributed by atoms with van der Waals surface area (Å²) >= 11 is 1.79. The number of carbonyl (C=O) groups is 1. The van der Waals surface area contributed by atoms with Gasteiger partial charge >= 0.3 is 0 Å². The topological polar surface area (TPSA) is 37.3 Å². The van der Waals surface area contributed by atoms with Crippen molar-refractivity contribution in [1.29, 1.82) is 0 Å². The molecule has 0 aliphatic rings. The Balaban J connectivity index is 1.65. The minimum absolute atomic E-state index is 0.0930. The smallest absolute Gasteiger partial charge is 0.163 e. The Morgan fingerprint density at radius 3 is 1.72 bits per heavy atom. The van der Waals surface area contributed by atoms with Gasteiger partial charge in [-0.3, -0.25) is 4.79 Å². The van der Waals surface area contributed by atoms with Crippen molar-refractivity contribution in [1.82, 2.24) is 0 Å². The van der Waals surface area contributed by atoms with Gasteiger partial charge in [-0.05, 0) is 68.3 Å². The molecular formula is C32H34O2PS+. The SMILES string of the molecule is CCCc1c(SCCC[P+](c2ccccc2)(c2ccccc2)c2ccccc2)ccc(C(C)=O)c1O. The van der Waals surface area contributed by atoms with Crippen LogP contribution in [0.5, 0.6) is 5.75 Å². The summed E-state index contributed by atoms with van der Waals surface area (Å²) in [6, 6.07) is 36.7. The van der Waals surface area contributed by atoms with Crippen molar-refractivity contribution in [2.45, 2.75) is 38.0 Å². The Labute approximate surface area is 220 Å². The van der Waals surface area contributed by atoms with Crippen LogP contribution in [0.2, 0.25) is 0 Å². The number of benzene rings is 4. The van der Waals surface area contributed by atoms with Crippen molar-refractivity contribution >= 4 is 40.7 Å². The molecule has 184 valence electrons. The molecule has 36 heavy (non-hydrogen) atoms. The van der Waals surface area contributed by atoms with Crippen molar-refractivity contribution < 1.29 is 9.90 Å². The van der Waals surface area contributed by atoms with Crippen molar-refractivity contribution in [3.05, 3.63) is 114 Å². The first-order valence-corrected chi connectivity index (χ1v) is 15.6. The monoisotopic (exact) mass is 513 g/mol. The number of rotatable bonds is 11. The predicted molar refractivity (Wildman–Crippen MR) is 157 cm³/mol. The summed E-state index contributed by atoms with van der Waals surface area (Å²) in [6.07, 6.45) is 3.80. The van der Waals surface area contributed by atoms with Crippen LogP contribution in [0.1, 0.15) is 42.6 Å². The van der Waals surface area contributed by atoms with Crippen molar-refractivity contribution in [3.63, 3.8) is 0 Å². The number of aromatic hydroxyl groups is 1. The number of phenolic OH excluding ortho intramolecular Hbond substituents is 1. The standard InChI is InChI=1S/C32H33O2PS/c1-3-14-30-31(22-21-29(25(2)33)32(30)34)36-24-13-23-35(26-15-7-4-8-16-26,27-17-9-5-10-18-27)28-19-11-6-12-20-28/h4-12,15-22H,3,13-14,23-24H2,1-2H3/p+1. The van der Waals surface area contributed by atoms with E-state index in [1.807, 2.05) is 6.07 Å². The van der Waals surface area contributed by atoms with E-state index in [0.29, 0.717) is 5.56 Å². The summed E-state index contributed by atoms with van der Waals surface area (Å²) in [5.41, 5.74) is 1.33. The normalized spacial score (nSPS) is 11.4. The lowest BCUT2D eigenvalue weighted by Crippen LogP contribution is -2.33. The number of carbonyl (C=O) groups excluding carboxylic acids is 1. The number of thioether (sulfide) groups is 1. The number of hydrogen-bond donors (Lipinski definition) is 1. The lowest BCUT2D eigenvalue weighted by Gasteiger charge is -2.27. The van der Waals surface area contributed by atoms with E-state index in [1.165, 1.54) is 22.8 Å². The molecule has 0 heterocycles. The average molecular weight is 514 g/mol. The lowest BCUT2D eigenvalue weighted by molar-refractivity contribution is 0.101. The van der Waals surface area contributed by atoms with Crippen LogP contribution in [-0.4, -0.2) is 22.8 Å². The maximum Gasteiger partial charge on any atom is 0.163 e. The molecule has 0 aliphatic heterocycles. The summed E-state index contributed by atoms with van der Waals surface area (Å²) in [7, 11) is -1.84. The molecule has 4 heteroatoms. The van der Waals surface area contributed by atoms with Crippen LogP contribution in [-0.2, 0) is 6.42 Å². The number of hydrogen-bond acceptors (Lipinski definition) is 3. The van der Waals surface area contributed by atoms with Crippen LogP contribution in [0, 0.1) is 0 Å². The van der Waals surface area contributed by atoms with Crippen LogP contribution < -0.4 is 15.9 Å². The fourth-order valence-electron chi connectivity index (χ4n) is 4.89. The zero-order valence-electron chi connectivity index (χ0n) is 21.1. The Morgan fingerprint density at radius 1 is 0.778 bits per heavy atom. The molecular weight excluding hydrogens is 479 g/mol. The second-order valence-corrected chi connectivity index (χ2v) is 13.7. The molecule has 0 aromatic heterocycles. The van der Waals surface area contributed by atoms with Gasteiger partial charge in [0.2, 0.25) is 0 Å². The lowest BCUT2D eigenvalue weighted by atomic mass is 10.0. The second-order valence-electron chi connectivity index (χ2n) is 8.99. The maximum absolute atomic E-state index is 11.9. The summed E-state index contributed by atoms with van der Waals surface area (Å²) in [4.78, 5) is 13.0. The quantitative estimate of drug-likeness (QED) is 0.101. The van der Waals surface area contributed by atoms with Gasteiger partial charge in [-0.2, -0.15) is 0 Å². The van der Waals surface area contributed by atoms with Crippen LogP contribution in [0.3, 0.4) is 0 Å². The maximum atomic E-state index is 11.9. The van der Waals surface area contributed by atoms with E-state index in [9.17, 15) is 9.90 Å². The molecule has 0 saturated carbocycles. The van der Waals surface area contributed by atoms with Gasteiger partial charge in [0.05, 0.1) is 11.7 Å². The fourth-order valence-corrected chi connectivity index (χ4v) is 10.5. The molecule has 4 aromatic rings. The van der Waals surface area contributed by atoms with Crippen LogP contribution in [0.15, 0.2) is 108 Å². The molecule has 0 atom stereocenters. The van der Waals surface area contributed by atoms with Gasteiger partial charge in [-0.25, -0.2) is 0 Å². The molecule has 0 aliphatic carbocycles. The zero-order valence-corrected chi connectivity index (χ0v) is 22.8. The van der Waals surface area contributed by atoms with Gasteiger partial charge < -0.3 is 5.11 Å². The van der Waals surface area contributed by atoms with E-state index in [4.69, 9.17) is 0 Å². The molecule has 0 radical (unpaired) electrons.